The van der Waals surface area contributed by atoms with Gasteiger partial charge in [-0.25, -0.2) is 8.42 Å². The summed E-state index contributed by atoms with van der Waals surface area (Å²) < 4.78 is 25.7. The number of ketones is 1. The number of nitrogens with one attached hydrogen (secondary N) is 2. The Morgan fingerprint density at radius 2 is 1.57 bits per heavy atom. The van der Waals surface area contributed by atoms with Crippen LogP contribution in [0.15, 0.2) is 78.9 Å². The summed E-state index contributed by atoms with van der Waals surface area (Å²) in [6.07, 6.45) is 1.64. The zero-order valence-electron chi connectivity index (χ0n) is 19.5. The standard InChI is InChI=1S/C26H27N3O5S/c1-19(30)21-11-8-12-22(17-21)29(35(2,33)34)18-25(31)28-24-14-7-6-13-23(24)26(32)27-16-15-20-9-4-3-5-10-20/h3-14,17H,15-16,18H2,1-2H3,(H,27,32)(H,28,31). The third kappa shape index (κ3) is 7.25. The summed E-state index contributed by atoms with van der Waals surface area (Å²) in [5.41, 5.74) is 2.14. The highest BCUT2D eigenvalue weighted by Crippen LogP contribution is 2.21. The molecule has 0 aromatic heterocycles. The maximum Gasteiger partial charge on any atom is 0.253 e. The zero-order chi connectivity index (χ0) is 25.4. The Hall–Kier alpha value is -3.98. The second-order valence-corrected chi connectivity index (χ2v) is 9.87. The van der Waals surface area contributed by atoms with Gasteiger partial charge in [-0.2, -0.15) is 0 Å². The average Bonchev–Trinajstić information content (AvgIpc) is 2.83. The Bertz CT molecular complexity index is 1320. The van der Waals surface area contributed by atoms with Gasteiger partial charge < -0.3 is 10.6 Å². The van der Waals surface area contributed by atoms with Crippen molar-refractivity contribution in [3.8, 4) is 0 Å². The highest BCUT2D eigenvalue weighted by molar-refractivity contribution is 7.92. The molecule has 2 amide bonds. The van der Waals surface area contributed by atoms with Gasteiger partial charge >= 0.3 is 0 Å². The first-order valence-corrected chi connectivity index (χ1v) is 12.8. The van der Waals surface area contributed by atoms with E-state index in [1.54, 1.807) is 36.4 Å². The summed E-state index contributed by atoms with van der Waals surface area (Å²) in [6, 6.07) is 22.3. The smallest absolute Gasteiger partial charge is 0.253 e. The van der Waals surface area contributed by atoms with Crippen LogP contribution in [0.25, 0.3) is 0 Å². The van der Waals surface area contributed by atoms with Crippen LogP contribution in [0.5, 0.6) is 0 Å². The molecule has 182 valence electrons. The number of para-hydroxylation sites is 1. The zero-order valence-corrected chi connectivity index (χ0v) is 20.3. The maximum atomic E-state index is 12.8. The molecule has 0 spiro atoms. The van der Waals surface area contributed by atoms with E-state index in [1.807, 2.05) is 30.3 Å². The number of anilines is 2. The van der Waals surface area contributed by atoms with Gasteiger partial charge in [0.15, 0.2) is 5.78 Å². The molecule has 0 aliphatic rings. The number of sulfonamides is 1. The lowest BCUT2D eigenvalue weighted by Gasteiger charge is -2.22. The Morgan fingerprint density at radius 1 is 0.886 bits per heavy atom. The Morgan fingerprint density at radius 3 is 2.26 bits per heavy atom. The van der Waals surface area contributed by atoms with Crippen molar-refractivity contribution in [2.24, 2.45) is 0 Å². The summed E-state index contributed by atoms with van der Waals surface area (Å²) in [7, 11) is -3.83. The Balaban J connectivity index is 1.71. The van der Waals surface area contributed by atoms with Crippen LogP contribution in [0.4, 0.5) is 11.4 Å². The summed E-state index contributed by atoms with van der Waals surface area (Å²) in [5.74, 6) is -1.21. The predicted molar refractivity (Wildman–Crippen MR) is 136 cm³/mol. The molecule has 0 bridgehead atoms. The van der Waals surface area contributed by atoms with Gasteiger partial charge in [0.25, 0.3) is 5.91 Å². The summed E-state index contributed by atoms with van der Waals surface area (Å²) in [5, 5.41) is 5.48. The molecule has 3 rings (SSSR count). The van der Waals surface area contributed by atoms with Crippen molar-refractivity contribution in [3.63, 3.8) is 0 Å². The maximum absolute atomic E-state index is 12.8. The number of rotatable bonds is 10. The van der Waals surface area contributed by atoms with Crippen molar-refractivity contribution in [1.29, 1.82) is 0 Å². The van der Waals surface area contributed by atoms with Gasteiger partial charge in [-0.1, -0.05) is 54.6 Å². The van der Waals surface area contributed by atoms with Crippen LogP contribution in [0.1, 0.15) is 33.2 Å². The van der Waals surface area contributed by atoms with E-state index < -0.39 is 22.5 Å². The number of carbonyl (C=O) groups is 3. The molecule has 2 N–H and O–H groups in total. The molecule has 0 saturated heterocycles. The number of amides is 2. The summed E-state index contributed by atoms with van der Waals surface area (Å²) in [4.78, 5) is 37.3. The Labute approximate surface area is 205 Å². The molecule has 9 heteroatoms. The second kappa shape index (κ2) is 11.4. The van der Waals surface area contributed by atoms with Crippen LogP contribution >= 0.6 is 0 Å². The first kappa shape index (κ1) is 25.6. The lowest BCUT2D eigenvalue weighted by Crippen LogP contribution is -2.38. The SMILES string of the molecule is CC(=O)c1cccc(N(CC(=O)Nc2ccccc2C(=O)NCCc2ccccc2)S(C)(=O)=O)c1. The average molecular weight is 494 g/mol. The Kier molecular flexibility index (Phi) is 8.38. The van der Waals surface area contributed by atoms with Gasteiger partial charge in [-0.3, -0.25) is 18.7 Å². The van der Waals surface area contributed by atoms with Crippen molar-refractivity contribution in [1.82, 2.24) is 5.32 Å². The van der Waals surface area contributed by atoms with Gasteiger partial charge in [0.1, 0.15) is 6.54 Å². The summed E-state index contributed by atoms with van der Waals surface area (Å²) >= 11 is 0. The van der Waals surface area contributed by atoms with E-state index in [0.29, 0.717) is 18.5 Å². The topological polar surface area (TPSA) is 113 Å². The molecule has 8 nitrogen and oxygen atoms in total. The summed E-state index contributed by atoms with van der Waals surface area (Å²) in [6.45, 7) is 1.27. The van der Waals surface area contributed by atoms with Crippen LogP contribution in [0.3, 0.4) is 0 Å². The molecular formula is C26H27N3O5S. The molecule has 0 heterocycles. The normalized spacial score (nSPS) is 10.9. The molecular weight excluding hydrogens is 466 g/mol. The number of Topliss-reactive ketones (excluding diaryl/α,β-unsaturated/α-hetero) is 1. The van der Waals surface area contributed by atoms with Crippen LogP contribution < -0.4 is 14.9 Å². The van der Waals surface area contributed by atoms with E-state index in [2.05, 4.69) is 10.6 Å². The highest BCUT2D eigenvalue weighted by atomic mass is 32.2. The van der Waals surface area contributed by atoms with Crippen LogP contribution in [0.2, 0.25) is 0 Å². The first-order valence-electron chi connectivity index (χ1n) is 10.9. The number of carbonyl (C=O) groups excluding carboxylic acids is 3. The van der Waals surface area contributed by atoms with Crippen LogP contribution in [-0.2, 0) is 21.2 Å². The molecule has 3 aromatic carbocycles. The van der Waals surface area contributed by atoms with Gasteiger partial charge in [-0.05, 0) is 43.2 Å². The molecule has 0 aliphatic carbocycles. The van der Waals surface area contributed by atoms with E-state index in [1.165, 1.54) is 19.1 Å². The van der Waals surface area contributed by atoms with Crippen molar-refractivity contribution >= 4 is 39.0 Å². The molecule has 35 heavy (non-hydrogen) atoms. The lowest BCUT2D eigenvalue weighted by molar-refractivity contribution is -0.114. The fourth-order valence-electron chi connectivity index (χ4n) is 3.45. The van der Waals surface area contributed by atoms with E-state index in [-0.39, 0.29) is 28.6 Å². The van der Waals surface area contributed by atoms with E-state index in [0.717, 1.165) is 16.1 Å². The van der Waals surface area contributed by atoms with E-state index in [4.69, 9.17) is 0 Å². The quantitative estimate of drug-likeness (QED) is 0.421. The molecule has 0 aliphatic heterocycles. The van der Waals surface area contributed by atoms with E-state index in [9.17, 15) is 22.8 Å². The molecule has 0 radical (unpaired) electrons. The number of nitrogens with zero attached hydrogens (tertiary/aromatic N) is 1. The highest BCUT2D eigenvalue weighted by Gasteiger charge is 2.22. The van der Waals surface area contributed by atoms with Gasteiger partial charge in [0.2, 0.25) is 15.9 Å². The van der Waals surface area contributed by atoms with Crippen molar-refractivity contribution in [3.05, 3.63) is 95.6 Å². The minimum Gasteiger partial charge on any atom is -0.352 e. The molecule has 0 atom stereocenters. The van der Waals surface area contributed by atoms with Crippen LogP contribution in [0, 0.1) is 0 Å². The third-order valence-electron chi connectivity index (χ3n) is 5.22. The first-order chi connectivity index (χ1) is 16.6. The number of hydrogen-bond donors (Lipinski definition) is 2. The minimum absolute atomic E-state index is 0.197. The fraction of sp³-hybridized carbons (Fsp3) is 0.192. The number of benzene rings is 3. The molecule has 0 fully saturated rings. The van der Waals surface area contributed by atoms with Gasteiger partial charge in [0.05, 0.1) is 23.2 Å². The number of hydrogen-bond acceptors (Lipinski definition) is 5. The van der Waals surface area contributed by atoms with Crippen molar-refractivity contribution in [2.45, 2.75) is 13.3 Å². The molecule has 3 aromatic rings. The largest absolute Gasteiger partial charge is 0.352 e. The second-order valence-electron chi connectivity index (χ2n) is 7.96. The van der Waals surface area contributed by atoms with E-state index >= 15 is 0 Å². The molecule has 0 unspecified atom stereocenters. The monoisotopic (exact) mass is 493 g/mol. The van der Waals surface area contributed by atoms with Crippen LogP contribution in [-0.4, -0.2) is 45.4 Å². The van der Waals surface area contributed by atoms with Crippen molar-refractivity contribution < 1.29 is 22.8 Å². The van der Waals surface area contributed by atoms with Gasteiger partial charge in [-0.15, -0.1) is 0 Å². The molecule has 0 saturated carbocycles. The minimum atomic E-state index is -3.83. The van der Waals surface area contributed by atoms with Gasteiger partial charge in [0, 0.05) is 12.1 Å². The lowest BCUT2D eigenvalue weighted by atomic mass is 10.1. The predicted octanol–water partition coefficient (Wildman–Crippen LogP) is 3.27. The fourth-order valence-corrected chi connectivity index (χ4v) is 4.30. The van der Waals surface area contributed by atoms with Crippen molar-refractivity contribution in [2.75, 3.05) is 29.0 Å². The third-order valence-corrected chi connectivity index (χ3v) is 6.36.